The SMILES string of the molecule is Cc1ccc(CCCCC(N)C(=O)O)cc1C. The minimum atomic E-state index is -0.906. The Morgan fingerprint density at radius 2 is 2.00 bits per heavy atom. The van der Waals surface area contributed by atoms with Crippen LogP contribution in [0.2, 0.25) is 0 Å². The summed E-state index contributed by atoms with van der Waals surface area (Å²) >= 11 is 0. The molecule has 0 aliphatic carbocycles. The van der Waals surface area contributed by atoms with Crippen LogP contribution in [0.5, 0.6) is 0 Å². The smallest absolute Gasteiger partial charge is 0.320 e. The highest BCUT2D eigenvalue weighted by molar-refractivity contribution is 5.72. The Hall–Kier alpha value is -1.35. The summed E-state index contributed by atoms with van der Waals surface area (Å²) in [6.45, 7) is 4.21. The van der Waals surface area contributed by atoms with Gasteiger partial charge in [0, 0.05) is 0 Å². The number of unbranched alkanes of at least 4 members (excludes halogenated alkanes) is 1. The first-order valence-electron chi connectivity index (χ1n) is 6.05. The number of benzene rings is 1. The van der Waals surface area contributed by atoms with Gasteiger partial charge in [-0.3, -0.25) is 4.79 Å². The fourth-order valence-electron chi connectivity index (χ4n) is 1.78. The first-order chi connectivity index (χ1) is 8.00. The van der Waals surface area contributed by atoms with Crippen molar-refractivity contribution in [3.63, 3.8) is 0 Å². The molecule has 0 aromatic heterocycles. The van der Waals surface area contributed by atoms with E-state index >= 15 is 0 Å². The summed E-state index contributed by atoms with van der Waals surface area (Å²) in [5.74, 6) is -0.906. The number of hydrogen-bond acceptors (Lipinski definition) is 2. The van der Waals surface area contributed by atoms with E-state index in [4.69, 9.17) is 10.8 Å². The Bertz CT molecular complexity index is 388. The van der Waals surface area contributed by atoms with Crippen LogP contribution in [-0.2, 0) is 11.2 Å². The standard InChI is InChI=1S/C14H21NO2/c1-10-7-8-12(9-11(10)2)5-3-4-6-13(15)14(16)17/h7-9,13H,3-6,15H2,1-2H3,(H,16,17). The molecule has 1 unspecified atom stereocenters. The van der Waals surface area contributed by atoms with E-state index < -0.39 is 12.0 Å². The number of hydrogen-bond donors (Lipinski definition) is 2. The maximum Gasteiger partial charge on any atom is 0.320 e. The Labute approximate surface area is 103 Å². The molecule has 1 aromatic carbocycles. The van der Waals surface area contributed by atoms with Gasteiger partial charge in [0.05, 0.1) is 0 Å². The van der Waals surface area contributed by atoms with Crippen molar-refractivity contribution in [3.05, 3.63) is 34.9 Å². The minimum Gasteiger partial charge on any atom is -0.480 e. The lowest BCUT2D eigenvalue weighted by molar-refractivity contribution is -0.138. The number of carboxylic acids is 1. The largest absolute Gasteiger partial charge is 0.480 e. The molecule has 0 radical (unpaired) electrons. The molecule has 0 spiro atoms. The molecule has 0 bridgehead atoms. The Kier molecular flexibility index (Phi) is 5.16. The summed E-state index contributed by atoms with van der Waals surface area (Å²) in [6, 6.07) is 5.76. The number of rotatable bonds is 6. The molecule has 0 heterocycles. The van der Waals surface area contributed by atoms with Gasteiger partial charge in [-0.05, 0) is 49.8 Å². The number of aryl methyl sites for hydroxylation is 3. The third-order valence-corrected chi connectivity index (χ3v) is 3.12. The zero-order valence-electron chi connectivity index (χ0n) is 10.6. The number of carbonyl (C=O) groups is 1. The van der Waals surface area contributed by atoms with Crippen molar-refractivity contribution in [3.8, 4) is 0 Å². The summed E-state index contributed by atoms with van der Waals surface area (Å²) in [6.07, 6.45) is 3.40. The summed E-state index contributed by atoms with van der Waals surface area (Å²) in [4.78, 5) is 10.5. The van der Waals surface area contributed by atoms with E-state index in [2.05, 4.69) is 32.0 Å². The first-order valence-corrected chi connectivity index (χ1v) is 6.05. The Morgan fingerprint density at radius 3 is 2.59 bits per heavy atom. The zero-order chi connectivity index (χ0) is 12.8. The van der Waals surface area contributed by atoms with Crippen molar-refractivity contribution in [2.75, 3.05) is 0 Å². The van der Waals surface area contributed by atoms with Crippen LogP contribution < -0.4 is 5.73 Å². The van der Waals surface area contributed by atoms with Crippen LogP contribution in [0, 0.1) is 13.8 Å². The van der Waals surface area contributed by atoms with Gasteiger partial charge in [0.25, 0.3) is 0 Å². The molecule has 3 nitrogen and oxygen atoms in total. The van der Waals surface area contributed by atoms with Gasteiger partial charge in [-0.2, -0.15) is 0 Å². The van der Waals surface area contributed by atoms with Gasteiger partial charge >= 0.3 is 5.97 Å². The van der Waals surface area contributed by atoms with E-state index in [1.165, 1.54) is 16.7 Å². The average Bonchev–Trinajstić information content (AvgIpc) is 2.28. The topological polar surface area (TPSA) is 63.3 Å². The van der Waals surface area contributed by atoms with Gasteiger partial charge in [-0.1, -0.05) is 24.6 Å². The van der Waals surface area contributed by atoms with Crippen molar-refractivity contribution < 1.29 is 9.90 Å². The molecule has 1 atom stereocenters. The van der Waals surface area contributed by atoms with Crippen molar-refractivity contribution in [2.24, 2.45) is 5.73 Å². The summed E-state index contributed by atoms with van der Waals surface area (Å²) < 4.78 is 0. The molecule has 1 rings (SSSR count). The van der Waals surface area contributed by atoms with Crippen LogP contribution in [0.25, 0.3) is 0 Å². The van der Waals surface area contributed by atoms with Crippen LogP contribution in [0.15, 0.2) is 18.2 Å². The van der Waals surface area contributed by atoms with Crippen molar-refractivity contribution in [1.82, 2.24) is 0 Å². The molecular weight excluding hydrogens is 214 g/mol. The third kappa shape index (κ3) is 4.57. The highest BCUT2D eigenvalue weighted by Gasteiger charge is 2.09. The van der Waals surface area contributed by atoms with E-state index in [9.17, 15) is 4.79 Å². The van der Waals surface area contributed by atoms with Gasteiger partial charge in [0.15, 0.2) is 0 Å². The molecule has 0 amide bonds. The minimum absolute atomic E-state index is 0.556. The predicted molar refractivity (Wildman–Crippen MR) is 69.1 cm³/mol. The van der Waals surface area contributed by atoms with Gasteiger partial charge in [0.1, 0.15) is 6.04 Å². The summed E-state index contributed by atoms with van der Waals surface area (Å²) in [5.41, 5.74) is 9.37. The zero-order valence-corrected chi connectivity index (χ0v) is 10.6. The molecule has 94 valence electrons. The highest BCUT2D eigenvalue weighted by Crippen LogP contribution is 2.13. The fourth-order valence-corrected chi connectivity index (χ4v) is 1.78. The molecule has 0 aliphatic rings. The maximum atomic E-state index is 10.5. The van der Waals surface area contributed by atoms with Gasteiger partial charge in [0.2, 0.25) is 0 Å². The van der Waals surface area contributed by atoms with Gasteiger partial charge in [-0.25, -0.2) is 0 Å². The average molecular weight is 235 g/mol. The molecule has 0 aliphatic heterocycles. The number of carboxylic acid groups (broad SMARTS) is 1. The molecule has 17 heavy (non-hydrogen) atoms. The lowest BCUT2D eigenvalue weighted by Crippen LogP contribution is -2.29. The van der Waals surface area contributed by atoms with Crippen molar-refractivity contribution >= 4 is 5.97 Å². The van der Waals surface area contributed by atoms with E-state index in [1.54, 1.807) is 0 Å². The van der Waals surface area contributed by atoms with Gasteiger partial charge < -0.3 is 10.8 Å². The number of nitrogens with two attached hydrogens (primary N) is 1. The Morgan fingerprint density at radius 1 is 1.29 bits per heavy atom. The molecule has 3 N–H and O–H groups in total. The maximum absolute atomic E-state index is 10.5. The summed E-state index contributed by atoms with van der Waals surface area (Å²) in [5, 5.41) is 8.64. The second-order valence-corrected chi connectivity index (χ2v) is 4.61. The van der Waals surface area contributed by atoms with Crippen LogP contribution in [0.1, 0.15) is 36.0 Å². The molecule has 0 fully saturated rings. The first kappa shape index (κ1) is 13.7. The summed E-state index contributed by atoms with van der Waals surface area (Å²) in [7, 11) is 0. The van der Waals surface area contributed by atoms with Crippen LogP contribution in [-0.4, -0.2) is 17.1 Å². The Balaban J connectivity index is 2.31. The van der Waals surface area contributed by atoms with E-state index in [1.807, 2.05) is 0 Å². The number of aliphatic carboxylic acids is 1. The van der Waals surface area contributed by atoms with Crippen LogP contribution in [0.4, 0.5) is 0 Å². The third-order valence-electron chi connectivity index (χ3n) is 3.12. The quantitative estimate of drug-likeness (QED) is 0.744. The van der Waals surface area contributed by atoms with Crippen LogP contribution >= 0.6 is 0 Å². The second kappa shape index (κ2) is 6.40. The van der Waals surface area contributed by atoms with Crippen molar-refractivity contribution in [2.45, 2.75) is 45.6 Å². The highest BCUT2D eigenvalue weighted by atomic mass is 16.4. The second-order valence-electron chi connectivity index (χ2n) is 4.61. The van der Waals surface area contributed by atoms with Crippen molar-refractivity contribution in [1.29, 1.82) is 0 Å². The lowest BCUT2D eigenvalue weighted by Gasteiger charge is -2.07. The monoisotopic (exact) mass is 235 g/mol. The fraction of sp³-hybridized carbons (Fsp3) is 0.500. The molecular formula is C14H21NO2. The van der Waals surface area contributed by atoms with E-state index in [0.717, 1.165) is 19.3 Å². The molecule has 0 saturated heterocycles. The predicted octanol–water partition coefficient (Wildman–Crippen LogP) is 2.43. The van der Waals surface area contributed by atoms with E-state index in [0.29, 0.717) is 6.42 Å². The van der Waals surface area contributed by atoms with E-state index in [-0.39, 0.29) is 0 Å². The van der Waals surface area contributed by atoms with Crippen LogP contribution in [0.3, 0.4) is 0 Å². The molecule has 0 saturated carbocycles. The van der Waals surface area contributed by atoms with Gasteiger partial charge in [-0.15, -0.1) is 0 Å². The molecule has 1 aromatic rings. The lowest BCUT2D eigenvalue weighted by atomic mass is 10.0. The molecule has 3 heteroatoms. The normalized spacial score (nSPS) is 12.4.